The molecule has 1 saturated carbocycles. The molecule has 2 atom stereocenters. The average Bonchev–Trinajstić information content (AvgIpc) is 2.61. The minimum atomic E-state index is -0.683. The summed E-state index contributed by atoms with van der Waals surface area (Å²) in [7, 11) is 0. The van der Waals surface area contributed by atoms with E-state index in [4.69, 9.17) is 0 Å². The summed E-state index contributed by atoms with van der Waals surface area (Å²) >= 11 is 0. The van der Waals surface area contributed by atoms with Gasteiger partial charge in [-0.2, -0.15) is 0 Å². The molecule has 0 heterocycles. The van der Waals surface area contributed by atoms with Crippen LogP contribution in [0.15, 0.2) is 24.3 Å². The van der Waals surface area contributed by atoms with Gasteiger partial charge in [-0.1, -0.05) is 56.9 Å². The maximum Gasteiger partial charge on any atom is 0.162 e. The van der Waals surface area contributed by atoms with Crippen LogP contribution in [-0.4, -0.2) is 0 Å². The summed E-state index contributed by atoms with van der Waals surface area (Å²) in [6.07, 6.45) is 14.6. The second-order valence-corrected chi connectivity index (χ2v) is 7.90. The molecule has 1 aromatic rings. The number of halogens is 2. The van der Waals surface area contributed by atoms with Crippen molar-refractivity contribution in [1.82, 2.24) is 0 Å². The first-order valence-electron chi connectivity index (χ1n) is 9.73. The van der Waals surface area contributed by atoms with Gasteiger partial charge in [0.2, 0.25) is 0 Å². The zero-order chi connectivity index (χ0) is 17.1. The predicted molar refractivity (Wildman–Crippen MR) is 96.1 cm³/mol. The fourth-order valence-electron chi connectivity index (χ4n) is 4.75. The van der Waals surface area contributed by atoms with Crippen molar-refractivity contribution in [2.75, 3.05) is 0 Å². The van der Waals surface area contributed by atoms with Crippen LogP contribution in [0.25, 0.3) is 0 Å². The Morgan fingerprint density at radius 2 is 1.67 bits per heavy atom. The molecule has 2 heteroatoms. The lowest BCUT2D eigenvalue weighted by atomic mass is 9.70. The van der Waals surface area contributed by atoms with E-state index in [9.17, 15) is 8.78 Å². The fraction of sp³-hybridized carbons (Fsp3) is 0.636. The molecule has 0 N–H and O–H groups in total. The number of benzene rings is 1. The van der Waals surface area contributed by atoms with Gasteiger partial charge < -0.3 is 0 Å². The summed E-state index contributed by atoms with van der Waals surface area (Å²) in [6.45, 7) is 3.90. The van der Waals surface area contributed by atoms with Gasteiger partial charge in [0.05, 0.1) is 0 Å². The van der Waals surface area contributed by atoms with Crippen molar-refractivity contribution < 1.29 is 8.78 Å². The van der Waals surface area contributed by atoms with Gasteiger partial charge in [0.15, 0.2) is 11.6 Å². The van der Waals surface area contributed by atoms with Crippen LogP contribution in [0.2, 0.25) is 0 Å². The Morgan fingerprint density at radius 1 is 0.917 bits per heavy atom. The Hall–Kier alpha value is -1.18. The molecule has 24 heavy (non-hydrogen) atoms. The van der Waals surface area contributed by atoms with Crippen LogP contribution >= 0.6 is 0 Å². The molecule has 3 rings (SSSR count). The van der Waals surface area contributed by atoms with Crippen molar-refractivity contribution in [3.05, 3.63) is 47.0 Å². The van der Waals surface area contributed by atoms with Crippen molar-refractivity contribution in [3.8, 4) is 0 Å². The first-order valence-corrected chi connectivity index (χ1v) is 9.73. The normalized spacial score (nSPS) is 30.5. The molecule has 2 aliphatic rings. The number of allylic oxidation sites excluding steroid dienone is 2. The molecule has 0 amide bonds. The molecular weight excluding hydrogens is 302 g/mol. The highest BCUT2D eigenvalue weighted by Crippen LogP contribution is 2.41. The quantitative estimate of drug-likeness (QED) is 0.524. The standard InChI is InChI=1S/C22H30F2/c1-3-4-16-6-8-17(9-7-16)18-10-12-19(13-11-18)20-14-5-15(2)21(23)22(20)24/h5,10,12,14,16-19H,3-4,6-9,11,13H2,1-2H3. The third-order valence-electron chi connectivity index (χ3n) is 6.30. The van der Waals surface area contributed by atoms with Gasteiger partial charge >= 0.3 is 0 Å². The second kappa shape index (κ2) is 7.80. The van der Waals surface area contributed by atoms with Crippen molar-refractivity contribution in [1.29, 1.82) is 0 Å². The number of hydrogen-bond acceptors (Lipinski definition) is 0. The molecule has 1 aromatic carbocycles. The zero-order valence-electron chi connectivity index (χ0n) is 15.0. The molecule has 132 valence electrons. The van der Waals surface area contributed by atoms with Gasteiger partial charge in [-0.3, -0.25) is 0 Å². The van der Waals surface area contributed by atoms with Crippen LogP contribution < -0.4 is 0 Å². The maximum atomic E-state index is 14.2. The van der Waals surface area contributed by atoms with Crippen LogP contribution in [0.1, 0.15) is 75.3 Å². The van der Waals surface area contributed by atoms with Crippen LogP contribution in [-0.2, 0) is 0 Å². The lowest BCUT2D eigenvalue weighted by Gasteiger charge is -2.35. The van der Waals surface area contributed by atoms with E-state index in [1.807, 2.05) is 0 Å². The number of rotatable bonds is 4. The molecular formula is C22H30F2. The summed E-state index contributed by atoms with van der Waals surface area (Å²) in [6, 6.07) is 3.46. The van der Waals surface area contributed by atoms with Crippen LogP contribution in [0, 0.1) is 36.3 Å². The predicted octanol–water partition coefficient (Wildman–Crippen LogP) is 6.93. The monoisotopic (exact) mass is 332 g/mol. The minimum absolute atomic E-state index is 0.0350. The number of hydrogen-bond donors (Lipinski definition) is 0. The first kappa shape index (κ1) is 17.6. The van der Waals surface area contributed by atoms with E-state index in [2.05, 4.69) is 19.1 Å². The second-order valence-electron chi connectivity index (χ2n) is 7.90. The first-order chi connectivity index (χ1) is 11.6. The molecule has 0 aromatic heterocycles. The Labute approximate surface area is 145 Å². The molecule has 0 aliphatic heterocycles. The molecule has 2 aliphatic carbocycles. The van der Waals surface area contributed by atoms with Crippen LogP contribution in [0.5, 0.6) is 0 Å². The van der Waals surface area contributed by atoms with E-state index >= 15 is 0 Å². The SMILES string of the molecule is CCCC1CCC(C2C=CC(c3ccc(C)c(F)c3F)CC2)CC1. The fourth-order valence-corrected chi connectivity index (χ4v) is 4.75. The Morgan fingerprint density at radius 3 is 2.29 bits per heavy atom. The lowest BCUT2D eigenvalue weighted by Crippen LogP contribution is -2.23. The maximum absolute atomic E-state index is 14.2. The number of aryl methyl sites for hydroxylation is 1. The van der Waals surface area contributed by atoms with E-state index in [-0.39, 0.29) is 5.92 Å². The molecule has 0 radical (unpaired) electrons. The van der Waals surface area contributed by atoms with Crippen molar-refractivity contribution in [3.63, 3.8) is 0 Å². The highest BCUT2D eigenvalue weighted by atomic mass is 19.2. The summed E-state index contributed by atoms with van der Waals surface area (Å²) in [5.74, 6) is 1.08. The molecule has 2 unspecified atom stereocenters. The summed E-state index contributed by atoms with van der Waals surface area (Å²) < 4.78 is 28.0. The Kier molecular flexibility index (Phi) is 5.73. The molecule has 0 bridgehead atoms. The van der Waals surface area contributed by atoms with Crippen molar-refractivity contribution >= 4 is 0 Å². The third kappa shape index (κ3) is 3.73. The molecule has 0 nitrogen and oxygen atoms in total. The molecule has 1 fully saturated rings. The van der Waals surface area contributed by atoms with Gasteiger partial charge in [0, 0.05) is 5.92 Å². The van der Waals surface area contributed by atoms with Crippen molar-refractivity contribution in [2.24, 2.45) is 17.8 Å². The molecule has 0 saturated heterocycles. The lowest BCUT2D eigenvalue weighted by molar-refractivity contribution is 0.208. The summed E-state index contributed by atoms with van der Waals surface area (Å²) in [5, 5.41) is 0. The minimum Gasteiger partial charge on any atom is -0.203 e. The van der Waals surface area contributed by atoms with Crippen molar-refractivity contribution in [2.45, 2.75) is 71.1 Å². The van der Waals surface area contributed by atoms with Gasteiger partial charge in [-0.25, -0.2) is 8.78 Å². The average molecular weight is 332 g/mol. The Bertz CT molecular complexity index is 582. The summed E-state index contributed by atoms with van der Waals surface area (Å²) in [5.41, 5.74) is 0.914. The largest absolute Gasteiger partial charge is 0.203 e. The zero-order valence-corrected chi connectivity index (χ0v) is 15.0. The Balaban J connectivity index is 1.62. The third-order valence-corrected chi connectivity index (χ3v) is 6.30. The molecule has 0 spiro atoms. The van der Waals surface area contributed by atoms with Gasteiger partial charge in [-0.05, 0) is 61.5 Å². The van der Waals surface area contributed by atoms with Crippen LogP contribution in [0.4, 0.5) is 8.78 Å². The highest BCUT2D eigenvalue weighted by molar-refractivity contribution is 5.31. The van der Waals surface area contributed by atoms with E-state index in [1.165, 1.54) is 38.5 Å². The van der Waals surface area contributed by atoms with Gasteiger partial charge in [-0.15, -0.1) is 0 Å². The van der Waals surface area contributed by atoms with E-state index in [0.29, 0.717) is 17.0 Å². The smallest absolute Gasteiger partial charge is 0.162 e. The van der Waals surface area contributed by atoms with Crippen LogP contribution in [0.3, 0.4) is 0 Å². The van der Waals surface area contributed by atoms with E-state index in [1.54, 1.807) is 19.1 Å². The highest BCUT2D eigenvalue weighted by Gasteiger charge is 2.29. The van der Waals surface area contributed by atoms with E-state index < -0.39 is 11.6 Å². The van der Waals surface area contributed by atoms with E-state index in [0.717, 1.165) is 24.7 Å². The van der Waals surface area contributed by atoms with Gasteiger partial charge in [0.25, 0.3) is 0 Å². The summed E-state index contributed by atoms with van der Waals surface area (Å²) in [4.78, 5) is 0. The van der Waals surface area contributed by atoms with Gasteiger partial charge in [0.1, 0.15) is 0 Å². The topological polar surface area (TPSA) is 0 Å².